The van der Waals surface area contributed by atoms with Crippen LogP contribution in [0.3, 0.4) is 0 Å². The molecule has 0 radical (unpaired) electrons. The number of benzene rings is 2. The minimum Gasteiger partial charge on any atom is -0.373 e. The largest absolute Gasteiger partial charge is 0.373 e. The lowest BCUT2D eigenvalue weighted by molar-refractivity contribution is 0.146. The van der Waals surface area contributed by atoms with Crippen LogP contribution in [0.1, 0.15) is 16.7 Å². The monoisotopic (exact) mass is 285 g/mol. The predicted molar refractivity (Wildman–Crippen MR) is 84.3 cm³/mol. The van der Waals surface area contributed by atoms with Crippen LogP contribution in [-0.2, 0) is 17.9 Å². The SMILES string of the molecule is CNCc1ccc(F)c(COC/C=C/c2ccccc2)c1. The lowest BCUT2D eigenvalue weighted by Crippen LogP contribution is -2.06. The summed E-state index contributed by atoms with van der Waals surface area (Å²) in [4.78, 5) is 0. The minimum atomic E-state index is -0.220. The lowest BCUT2D eigenvalue weighted by Gasteiger charge is -2.06. The summed E-state index contributed by atoms with van der Waals surface area (Å²) in [5.41, 5.74) is 2.77. The Morgan fingerprint density at radius 1 is 1.14 bits per heavy atom. The van der Waals surface area contributed by atoms with Gasteiger partial charge in [0.25, 0.3) is 0 Å². The Balaban J connectivity index is 1.83. The number of hydrogen-bond donors (Lipinski definition) is 1. The number of nitrogens with one attached hydrogen (secondary N) is 1. The predicted octanol–water partition coefficient (Wildman–Crippen LogP) is 3.78. The molecule has 0 unspecified atom stereocenters. The van der Waals surface area contributed by atoms with Gasteiger partial charge in [0.15, 0.2) is 0 Å². The van der Waals surface area contributed by atoms with Gasteiger partial charge in [-0.15, -0.1) is 0 Å². The molecule has 0 spiro atoms. The molecule has 2 nitrogen and oxygen atoms in total. The highest BCUT2D eigenvalue weighted by atomic mass is 19.1. The van der Waals surface area contributed by atoms with Crippen LogP contribution in [0.5, 0.6) is 0 Å². The van der Waals surface area contributed by atoms with Gasteiger partial charge in [0, 0.05) is 12.1 Å². The third-order valence-electron chi connectivity index (χ3n) is 3.07. The van der Waals surface area contributed by atoms with Crippen molar-refractivity contribution in [3.8, 4) is 0 Å². The van der Waals surface area contributed by atoms with E-state index in [9.17, 15) is 4.39 Å². The van der Waals surface area contributed by atoms with Gasteiger partial charge >= 0.3 is 0 Å². The zero-order valence-electron chi connectivity index (χ0n) is 12.2. The van der Waals surface area contributed by atoms with E-state index in [1.807, 2.05) is 55.6 Å². The number of ether oxygens (including phenoxy) is 1. The fourth-order valence-corrected chi connectivity index (χ4v) is 2.04. The van der Waals surface area contributed by atoms with E-state index < -0.39 is 0 Å². The van der Waals surface area contributed by atoms with Crippen molar-refractivity contribution in [1.29, 1.82) is 0 Å². The van der Waals surface area contributed by atoms with Gasteiger partial charge < -0.3 is 10.1 Å². The summed E-state index contributed by atoms with van der Waals surface area (Å²) in [6.07, 6.45) is 3.93. The summed E-state index contributed by atoms with van der Waals surface area (Å²) < 4.78 is 19.2. The molecular formula is C18H20FNO. The molecule has 0 saturated heterocycles. The van der Waals surface area contributed by atoms with E-state index in [1.165, 1.54) is 6.07 Å². The fourth-order valence-electron chi connectivity index (χ4n) is 2.04. The molecule has 0 bridgehead atoms. The van der Waals surface area contributed by atoms with Gasteiger partial charge in [0.1, 0.15) is 5.82 Å². The lowest BCUT2D eigenvalue weighted by atomic mass is 10.1. The Morgan fingerprint density at radius 2 is 1.95 bits per heavy atom. The van der Waals surface area contributed by atoms with Crippen LogP contribution >= 0.6 is 0 Å². The van der Waals surface area contributed by atoms with Crippen molar-refractivity contribution < 1.29 is 9.13 Å². The maximum absolute atomic E-state index is 13.7. The summed E-state index contributed by atoms with van der Waals surface area (Å²) in [6.45, 7) is 1.47. The highest BCUT2D eigenvalue weighted by molar-refractivity contribution is 5.48. The molecule has 0 aliphatic carbocycles. The van der Waals surface area contributed by atoms with Crippen LogP contribution in [0.25, 0.3) is 6.08 Å². The molecule has 110 valence electrons. The van der Waals surface area contributed by atoms with Crippen LogP contribution in [0.4, 0.5) is 4.39 Å². The first-order valence-electron chi connectivity index (χ1n) is 7.01. The first kappa shape index (κ1) is 15.4. The van der Waals surface area contributed by atoms with E-state index >= 15 is 0 Å². The summed E-state index contributed by atoms with van der Waals surface area (Å²) >= 11 is 0. The molecule has 0 atom stereocenters. The quantitative estimate of drug-likeness (QED) is 0.782. The van der Waals surface area contributed by atoms with E-state index in [0.29, 0.717) is 12.2 Å². The van der Waals surface area contributed by atoms with Crippen LogP contribution in [0, 0.1) is 5.82 Å². The van der Waals surface area contributed by atoms with Crippen molar-refractivity contribution in [1.82, 2.24) is 5.32 Å². The number of hydrogen-bond acceptors (Lipinski definition) is 2. The molecule has 2 aromatic carbocycles. The normalized spacial score (nSPS) is 11.1. The van der Waals surface area contributed by atoms with Crippen LogP contribution < -0.4 is 5.32 Å². The van der Waals surface area contributed by atoms with Crippen molar-refractivity contribution in [2.75, 3.05) is 13.7 Å². The third-order valence-corrected chi connectivity index (χ3v) is 3.07. The average Bonchev–Trinajstić information content (AvgIpc) is 2.51. The first-order chi connectivity index (χ1) is 10.3. The Bertz CT molecular complexity index is 581. The molecule has 0 saturated carbocycles. The Kier molecular flexibility index (Phi) is 6.13. The van der Waals surface area contributed by atoms with Gasteiger partial charge in [0.05, 0.1) is 13.2 Å². The first-order valence-corrected chi connectivity index (χ1v) is 7.01. The molecule has 21 heavy (non-hydrogen) atoms. The molecule has 3 heteroatoms. The maximum atomic E-state index is 13.7. The second-order valence-electron chi connectivity index (χ2n) is 4.78. The van der Waals surface area contributed by atoms with Crippen LogP contribution in [0.15, 0.2) is 54.6 Å². The van der Waals surface area contributed by atoms with Crippen molar-refractivity contribution in [3.05, 3.63) is 77.1 Å². The Morgan fingerprint density at radius 3 is 2.71 bits per heavy atom. The fraction of sp³-hybridized carbons (Fsp3) is 0.222. The number of halogens is 1. The van der Waals surface area contributed by atoms with Crippen molar-refractivity contribution in [3.63, 3.8) is 0 Å². The van der Waals surface area contributed by atoms with Gasteiger partial charge in [-0.3, -0.25) is 0 Å². The maximum Gasteiger partial charge on any atom is 0.128 e. The molecule has 0 fully saturated rings. The van der Waals surface area contributed by atoms with E-state index in [2.05, 4.69) is 5.32 Å². The zero-order valence-corrected chi connectivity index (χ0v) is 12.2. The van der Waals surface area contributed by atoms with Crippen LogP contribution in [0.2, 0.25) is 0 Å². The molecular weight excluding hydrogens is 265 g/mol. The second kappa shape index (κ2) is 8.35. The van der Waals surface area contributed by atoms with Gasteiger partial charge in [0.2, 0.25) is 0 Å². The van der Waals surface area contributed by atoms with E-state index in [4.69, 9.17) is 4.74 Å². The molecule has 0 aliphatic rings. The van der Waals surface area contributed by atoms with Gasteiger partial charge in [-0.25, -0.2) is 4.39 Å². The highest BCUT2D eigenvalue weighted by Crippen LogP contribution is 2.12. The standard InChI is InChI=1S/C18H20FNO/c1-20-13-16-9-10-18(19)17(12-16)14-21-11-5-8-15-6-3-2-4-7-15/h2-10,12,20H,11,13-14H2,1H3/b8-5+. The molecule has 0 heterocycles. The third kappa shape index (κ3) is 5.14. The topological polar surface area (TPSA) is 21.3 Å². The summed E-state index contributed by atoms with van der Waals surface area (Å²) in [6, 6.07) is 15.1. The van der Waals surface area contributed by atoms with Gasteiger partial charge in [-0.05, 0) is 30.3 Å². The van der Waals surface area contributed by atoms with E-state index in [-0.39, 0.29) is 12.4 Å². The summed E-state index contributed by atoms with van der Waals surface area (Å²) in [5, 5.41) is 3.05. The second-order valence-corrected chi connectivity index (χ2v) is 4.78. The summed E-state index contributed by atoms with van der Waals surface area (Å²) in [5.74, 6) is -0.220. The van der Waals surface area contributed by atoms with Gasteiger partial charge in [-0.2, -0.15) is 0 Å². The highest BCUT2D eigenvalue weighted by Gasteiger charge is 2.03. The average molecular weight is 285 g/mol. The molecule has 2 aromatic rings. The molecule has 0 aliphatic heterocycles. The van der Waals surface area contributed by atoms with Crippen molar-refractivity contribution >= 4 is 6.08 Å². The molecule has 0 aromatic heterocycles. The smallest absolute Gasteiger partial charge is 0.128 e. The van der Waals surface area contributed by atoms with Gasteiger partial charge in [-0.1, -0.05) is 48.6 Å². The Labute approximate surface area is 125 Å². The number of rotatable bonds is 7. The molecule has 2 rings (SSSR count). The van der Waals surface area contributed by atoms with Crippen LogP contribution in [-0.4, -0.2) is 13.7 Å². The van der Waals surface area contributed by atoms with E-state index in [0.717, 1.165) is 17.7 Å². The van der Waals surface area contributed by atoms with Crippen molar-refractivity contribution in [2.45, 2.75) is 13.2 Å². The summed E-state index contributed by atoms with van der Waals surface area (Å²) in [7, 11) is 1.87. The molecule has 1 N–H and O–H groups in total. The Hall–Kier alpha value is -1.97. The molecule has 0 amide bonds. The van der Waals surface area contributed by atoms with E-state index in [1.54, 1.807) is 6.07 Å². The minimum absolute atomic E-state index is 0.220. The van der Waals surface area contributed by atoms with Crippen molar-refractivity contribution in [2.24, 2.45) is 0 Å². The zero-order chi connectivity index (χ0) is 14.9.